The van der Waals surface area contributed by atoms with Gasteiger partial charge in [0.15, 0.2) is 0 Å². The predicted molar refractivity (Wildman–Crippen MR) is 74.0 cm³/mol. The van der Waals surface area contributed by atoms with Gasteiger partial charge >= 0.3 is 112 Å². The van der Waals surface area contributed by atoms with Crippen LogP contribution in [0.1, 0.15) is 0 Å². The van der Waals surface area contributed by atoms with Gasteiger partial charge in [-0.3, -0.25) is 0 Å². The average molecular weight is 301 g/mol. The van der Waals surface area contributed by atoms with Crippen molar-refractivity contribution in [3.63, 3.8) is 0 Å². The third-order valence-electron chi connectivity index (χ3n) is 2.85. The van der Waals surface area contributed by atoms with Crippen molar-refractivity contribution in [1.82, 2.24) is 8.57 Å². The van der Waals surface area contributed by atoms with Crippen molar-refractivity contribution in [3.05, 3.63) is 65.2 Å². The molecule has 3 nitrogen and oxygen atoms in total. The Morgan fingerprint density at radius 3 is 2.56 bits per heavy atom. The van der Waals surface area contributed by atoms with E-state index >= 15 is 0 Å². The number of rotatable bonds is 1. The molecular formula is C14H10N2OSe. The van der Waals surface area contributed by atoms with Crippen molar-refractivity contribution in [3.8, 4) is 11.1 Å². The molecule has 4 heteroatoms. The predicted octanol–water partition coefficient (Wildman–Crippen LogP) is 1.73. The van der Waals surface area contributed by atoms with Gasteiger partial charge in [0.05, 0.1) is 0 Å². The van der Waals surface area contributed by atoms with Gasteiger partial charge in [-0.1, -0.05) is 0 Å². The van der Waals surface area contributed by atoms with Crippen LogP contribution >= 0.6 is 0 Å². The Bertz CT molecular complexity index is 766. The van der Waals surface area contributed by atoms with E-state index < -0.39 is 0 Å². The fraction of sp³-hybridized carbons (Fsp3) is 0. The summed E-state index contributed by atoms with van der Waals surface area (Å²) in [6.45, 7) is 0. The molecule has 1 heterocycles. The zero-order valence-electron chi connectivity index (χ0n) is 9.45. The SMILES string of the molecule is O=c1c2cc(-c3ccccc3)ccc2ncn1[SeH]. The molecule has 0 amide bonds. The van der Waals surface area contributed by atoms with Crippen molar-refractivity contribution in [2.24, 2.45) is 0 Å². The van der Waals surface area contributed by atoms with Gasteiger partial charge in [-0.2, -0.15) is 0 Å². The summed E-state index contributed by atoms with van der Waals surface area (Å²) in [5.41, 5.74) is 2.81. The summed E-state index contributed by atoms with van der Waals surface area (Å²) in [5, 5.41) is 0.638. The van der Waals surface area contributed by atoms with Crippen LogP contribution in [0.4, 0.5) is 0 Å². The van der Waals surface area contributed by atoms with E-state index in [1.54, 1.807) is 0 Å². The number of fused-ring (bicyclic) bond motifs is 1. The van der Waals surface area contributed by atoms with Crippen LogP contribution in [0, 0.1) is 0 Å². The first-order chi connectivity index (χ1) is 8.75. The Kier molecular flexibility index (Phi) is 2.74. The van der Waals surface area contributed by atoms with E-state index in [9.17, 15) is 4.79 Å². The number of hydrogen-bond acceptors (Lipinski definition) is 2. The molecule has 2 aromatic carbocycles. The van der Waals surface area contributed by atoms with E-state index in [2.05, 4.69) is 21.2 Å². The molecule has 0 bridgehead atoms. The van der Waals surface area contributed by atoms with Crippen LogP contribution in [-0.4, -0.2) is 24.8 Å². The molecule has 0 atom stereocenters. The number of benzene rings is 2. The Labute approximate surface area is 112 Å². The van der Waals surface area contributed by atoms with Crippen molar-refractivity contribution in [1.29, 1.82) is 0 Å². The zero-order chi connectivity index (χ0) is 12.5. The van der Waals surface area contributed by atoms with Gasteiger partial charge in [-0.05, 0) is 0 Å². The Morgan fingerprint density at radius 1 is 1.00 bits per heavy atom. The molecule has 0 aliphatic rings. The summed E-state index contributed by atoms with van der Waals surface area (Å²) < 4.78 is 1.43. The van der Waals surface area contributed by atoms with Gasteiger partial charge in [-0.15, -0.1) is 0 Å². The molecule has 88 valence electrons. The zero-order valence-corrected chi connectivity index (χ0v) is 11.3. The number of hydrogen-bond donors (Lipinski definition) is 0. The van der Waals surface area contributed by atoms with Crippen LogP contribution in [0.15, 0.2) is 59.7 Å². The summed E-state index contributed by atoms with van der Waals surface area (Å²) in [5.74, 6) is 0. The summed E-state index contributed by atoms with van der Waals surface area (Å²) in [6.07, 6.45) is 1.52. The molecule has 3 rings (SSSR count). The molecule has 3 aromatic rings. The normalized spacial score (nSPS) is 10.7. The van der Waals surface area contributed by atoms with E-state index in [1.807, 2.05) is 48.5 Å². The molecular weight excluding hydrogens is 291 g/mol. The molecule has 18 heavy (non-hydrogen) atoms. The molecule has 0 aliphatic heterocycles. The van der Waals surface area contributed by atoms with Crippen LogP contribution in [0.3, 0.4) is 0 Å². The summed E-state index contributed by atoms with van der Waals surface area (Å²) in [6, 6.07) is 15.8. The Hall–Kier alpha value is -1.90. The fourth-order valence-corrected chi connectivity index (χ4v) is 2.26. The fourth-order valence-electron chi connectivity index (χ4n) is 1.92. The minimum atomic E-state index is -0.0437. The topological polar surface area (TPSA) is 34.9 Å². The third-order valence-corrected chi connectivity index (χ3v) is 3.45. The Balaban J connectivity index is 2.29. The molecule has 0 spiro atoms. The van der Waals surface area contributed by atoms with E-state index in [-0.39, 0.29) is 5.56 Å². The molecule has 0 unspecified atom stereocenters. The quantitative estimate of drug-likeness (QED) is 0.642. The third kappa shape index (κ3) is 1.86. The molecule has 0 radical (unpaired) electrons. The van der Waals surface area contributed by atoms with Gasteiger partial charge in [0.2, 0.25) is 0 Å². The van der Waals surface area contributed by atoms with Crippen LogP contribution in [-0.2, 0) is 0 Å². The second-order valence-electron chi connectivity index (χ2n) is 3.99. The van der Waals surface area contributed by atoms with Gasteiger partial charge < -0.3 is 0 Å². The standard InChI is InChI=1S/C14H10N2OSe/c17-14-12-8-11(10-4-2-1-3-5-10)6-7-13(12)15-9-16(14)18/h1-9,18H. The minimum absolute atomic E-state index is 0.0437. The van der Waals surface area contributed by atoms with E-state index in [1.165, 1.54) is 9.91 Å². The first kappa shape index (κ1) is 11.2. The molecule has 0 saturated heterocycles. The van der Waals surface area contributed by atoms with Gasteiger partial charge in [0, 0.05) is 0 Å². The molecule has 0 saturated carbocycles. The van der Waals surface area contributed by atoms with E-state index in [0.717, 1.165) is 16.6 Å². The first-order valence-electron chi connectivity index (χ1n) is 5.52. The Morgan fingerprint density at radius 2 is 1.78 bits per heavy atom. The summed E-state index contributed by atoms with van der Waals surface area (Å²) >= 11 is 2.19. The molecule has 0 N–H and O–H groups in total. The van der Waals surface area contributed by atoms with Crippen molar-refractivity contribution >= 4 is 27.1 Å². The van der Waals surface area contributed by atoms with Crippen LogP contribution in [0.2, 0.25) is 0 Å². The second kappa shape index (κ2) is 4.41. The maximum atomic E-state index is 12.0. The maximum absolute atomic E-state index is 12.0. The van der Waals surface area contributed by atoms with E-state index in [0.29, 0.717) is 5.39 Å². The molecule has 1 aromatic heterocycles. The summed E-state index contributed by atoms with van der Waals surface area (Å²) in [7, 11) is 0. The average Bonchev–Trinajstić information content (AvgIpc) is 2.44. The van der Waals surface area contributed by atoms with Crippen molar-refractivity contribution in [2.45, 2.75) is 0 Å². The van der Waals surface area contributed by atoms with Crippen molar-refractivity contribution in [2.75, 3.05) is 0 Å². The molecule has 0 fully saturated rings. The number of nitrogens with zero attached hydrogens (tertiary/aromatic N) is 2. The van der Waals surface area contributed by atoms with Gasteiger partial charge in [-0.25, -0.2) is 0 Å². The van der Waals surface area contributed by atoms with Crippen LogP contribution in [0.25, 0.3) is 22.0 Å². The van der Waals surface area contributed by atoms with Gasteiger partial charge in [0.1, 0.15) is 0 Å². The van der Waals surface area contributed by atoms with Crippen LogP contribution in [0.5, 0.6) is 0 Å². The summed E-state index contributed by atoms with van der Waals surface area (Å²) in [4.78, 5) is 16.2. The van der Waals surface area contributed by atoms with Gasteiger partial charge in [0.25, 0.3) is 0 Å². The van der Waals surface area contributed by atoms with E-state index in [4.69, 9.17) is 0 Å². The number of aromatic nitrogens is 2. The second-order valence-corrected chi connectivity index (χ2v) is 4.90. The van der Waals surface area contributed by atoms with Crippen LogP contribution < -0.4 is 5.56 Å². The van der Waals surface area contributed by atoms with Crippen molar-refractivity contribution < 1.29 is 0 Å². The monoisotopic (exact) mass is 302 g/mol. The molecule has 0 aliphatic carbocycles. The first-order valence-corrected chi connectivity index (χ1v) is 6.36.